The van der Waals surface area contributed by atoms with E-state index in [9.17, 15) is 26.8 Å². The summed E-state index contributed by atoms with van der Waals surface area (Å²) >= 11 is 0. The Hall–Kier alpha value is -1.81. The monoisotopic (exact) mass is 476 g/mol. The van der Waals surface area contributed by atoms with E-state index in [0.717, 1.165) is 36.8 Å². The van der Waals surface area contributed by atoms with Crippen LogP contribution in [0.5, 0.6) is 0 Å². The molecule has 32 heavy (non-hydrogen) atoms. The second-order valence-corrected chi connectivity index (χ2v) is 11.5. The van der Waals surface area contributed by atoms with Gasteiger partial charge in [-0.05, 0) is 57.4 Å². The molecule has 7 nitrogen and oxygen atoms in total. The van der Waals surface area contributed by atoms with Crippen molar-refractivity contribution in [2.45, 2.75) is 76.6 Å². The number of carbonyl (C=O) groups excluding carboxylic acids is 2. The fourth-order valence-corrected chi connectivity index (χ4v) is 5.22. The Labute approximate surface area is 187 Å². The van der Waals surface area contributed by atoms with Crippen molar-refractivity contribution in [3.63, 3.8) is 0 Å². The fourth-order valence-electron chi connectivity index (χ4n) is 4.95. The van der Waals surface area contributed by atoms with Crippen LogP contribution in [0.25, 0.3) is 0 Å². The molecular weight excluding hydrogens is 446 g/mol. The molecule has 0 amide bonds. The molecule has 2 atom stereocenters. The summed E-state index contributed by atoms with van der Waals surface area (Å²) in [6, 6.07) is 0. The highest BCUT2D eigenvalue weighted by Gasteiger charge is 2.55. The van der Waals surface area contributed by atoms with Crippen molar-refractivity contribution in [3.8, 4) is 0 Å². The standard InChI is InChI=1S/C22H30F2O7S/c1-14-4-6-17(7-5-14)18(25)31-21(3)11-16-8-15(9-16)10-20(2,12-21)13-30-19(26)22(23,24)32(27,28)29/h10-11,14,17H,4-9,12-13H2,1-3H3,(H,27,28,29). The number of halogens is 2. The molecule has 0 spiro atoms. The van der Waals surface area contributed by atoms with E-state index in [0.29, 0.717) is 18.8 Å². The van der Waals surface area contributed by atoms with Crippen molar-refractivity contribution in [1.29, 1.82) is 0 Å². The van der Waals surface area contributed by atoms with Gasteiger partial charge in [-0.1, -0.05) is 31.1 Å². The van der Waals surface area contributed by atoms with Gasteiger partial charge < -0.3 is 9.47 Å². The number of esters is 2. The Balaban J connectivity index is 1.74. The number of ether oxygens (including phenoxy) is 2. The molecule has 0 aromatic rings. The molecule has 0 saturated heterocycles. The van der Waals surface area contributed by atoms with Gasteiger partial charge in [0.05, 0.1) is 5.92 Å². The largest absolute Gasteiger partial charge is 0.465 e. The van der Waals surface area contributed by atoms with Crippen LogP contribution in [0.1, 0.15) is 65.7 Å². The zero-order chi connectivity index (χ0) is 23.9. The second kappa shape index (κ2) is 8.52. The number of allylic oxidation sites excluding steroid dienone is 2. The molecule has 0 aliphatic heterocycles. The SMILES string of the molecule is CC1CCC(C(=O)OC2(C)C=C3CC(=CC(C)(COC(=O)C(F)(F)S(=O)(=O)O)C2)C3)CC1. The van der Waals surface area contributed by atoms with Gasteiger partial charge in [-0.25, -0.2) is 4.79 Å². The van der Waals surface area contributed by atoms with Crippen LogP contribution >= 0.6 is 0 Å². The summed E-state index contributed by atoms with van der Waals surface area (Å²) in [7, 11) is -5.95. The summed E-state index contributed by atoms with van der Waals surface area (Å²) < 4.78 is 68.0. The molecule has 180 valence electrons. The van der Waals surface area contributed by atoms with Gasteiger partial charge in [0.2, 0.25) is 0 Å². The van der Waals surface area contributed by atoms with E-state index in [4.69, 9.17) is 9.29 Å². The third kappa shape index (κ3) is 5.39. The Morgan fingerprint density at radius 2 is 1.69 bits per heavy atom. The fraction of sp³-hybridized carbons (Fsp3) is 0.727. The molecule has 10 heteroatoms. The predicted molar refractivity (Wildman–Crippen MR) is 111 cm³/mol. The van der Waals surface area contributed by atoms with Crippen LogP contribution in [-0.2, 0) is 29.2 Å². The van der Waals surface area contributed by atoms with Gasteiger partial charge in [0.1, 0.15) is 12.2 Å². The number of carbonyl (C=O) groups is 2. The smallest absolute Gasteiger partial charge is 0.459 e. The van der Waals surface area contributed by atoms with Gasteiger partial charge in [0, 0.05) is 11.8 Å². The third-order valence-electron chi connectivity index (χ3n) is 6.50. The van der Waals surface area contributed by atoms with Crippen LogP contribution in [0, 0.1) is 17.3 Å². The first kappa shape index (κ1) is 24.8. The van der Waals surface area contributed by atoms with Crippen molar-refractivity contribution in [2.24, 2.45) is 17.3 Å². The summed E-state index contributed by atoms with van der Waals surface area (Å²) in [6.45, 7) is 5.01. The van der Waals surface area contributed by atoms with Crippen molar-refractivity contribution in [2.75, 3.05) is 6.61 Å². The number of hydrogen-bond donors (Lipinski definition) is 1. The van der Waals surface area contributed by atoms with Gasteiger partial charge in [-0.2, -0.15) is 17.2 Å². The van der Waals surface area contributed by atoms with Gasteiger partial charge in [-0.15, -0.1) is 0 Å². The van der Waals surface area contributed by atoms with Crippen molar-refractivity contribution in [1.82, 2.24) is 0 Å². The Bertz CT molecular complexity index is 937. The van der Waals surface area contributed by atoms with Crippen molar-refractivity contribution in [3.05, 3.63) is 23.3 Å². The second-order valence-electron chi connectivity index (χ2n) is 10.0. The molecule has 0 heterocycles. The zero-order valence-electron chi connectivity index (χ0n) is 18.5. The van der Waals surface area contributed by atoms with Crippen LogP contribution in [0.2, 0.25) is 0 Å². The zero-order valence-corrected chi connectivity index (χ0v) is 19.3. The molecule has 2 fully saturated rings. The average Bonchev–Trinajstić information content (AvgIpc) is 2.62. The van der Waals surface area contributed by atoms with Crippen LogP contribution < -0.4 is 0 Å². The molecular formula is C22H30F2O7S. The molecule has 2 bridgehead atoms. The summed E-state index contributed by atoms with van der Waals surface area (Å²) in [6.07, 6.45) is 8.60. The van der Waals surface area contributed by atoms with E-state index < -0.39 is 39.0 Å². The molecule has 4 rings (SSSR count). The molecule has 1 N–H and O–H groups in total. The molecule has 0 aromatic carbocycles. The number of hydrogen-bond acceptors (Lipinski definition) is 6. The molecule has 2 unspecified atom stereocenters. The van der Waals surface area contributed by atoms with Crippen molar-refractivity contribution < 1.29 is 40.8 Å². The van der Waals surface area contributed by atoms with E-state index in [1.807, 2.05) is 12.2 Å². The lowest BCUT2D eigenvalue weighted by Crippen LogP contribution is -2.44. The first-order valence-corrected chi connectivity index (χ1v) is 12.2. The minimum absolute atomic E-state index is 0.159. The molecule has 0 radical (unpaired) electrons. The van der Waals surface area contributed by atoms with E-state index in [-0.39, 0.29) is 18.3 Å². The number of rotatable bonds is 6. The Kier molecular flexibility index (Phi) is 6.61. The first-order valence-electron chi connectivity index (χ1n) is 10.8. The van der Waals surface area contributed by atoms with E-state index >= 15 is 0 Å². The van der Waals surface area contributed by atoms with Gasteiger partial charge in [0.15, 0.2) is 0 Å². The van der Waals surface area contributed by atoms with Gasteiger partial charge >= 0.3 is 27.3 Å². The average molecular weight is 477 g/mol. The summed E-state index contributed by atoms with van der Waals surface area (Å²) in [5, 5.41) is -5.06. The van der Waals surface area contributed by atoms with Crippen LogP contribution in [-0.4, -0.2) is 42.4 Å². The topological polar surface area (TPSA) is 107 Å². The van der Waals surface area contributed by atoms with Gasteiger partial charge in [-0.3, -0.25) is 9.35 Å². The highest BCUT2D eigenvalue weighted by molar-refractivity contribution is 7.87. The van der Waals surface area contributed by atoms with Gasteiger partial charge in [0.25, 0.3) is 0 Å². The predicted octanol–water partition coefficient (Wildman–Crippen LogP) is 4.20. The minimum Gasteiger partial charge on any atom is -0.459 e. The molecule has 0 aromatic heterocycles. The maximum absolute atomic E-state index is 13.6. The Morgan fingerprint density at radius 1 is 1.12 bits per heavy atom. The minimum atomic E-state index is -5.95. The van der Waals surface area contributed by atoms with Crippen molar-refractivity contribution >= 4 is 22.1 Å². The van der Waals surface area contributed by atoms with E-state index in [2.05, 4.69) is 11.7 Å². The normalized spacial score (nSPS) is 33.1. The number of fused-ring (bicyclic) bond motifs is 4. The van der Waals surface area contributed by atoms with E-state index in [1.165, 1.54) is 0 Å². The highest BCUT2D eigenvalue weighted by Crippen LogP contribution is 2.46. The maximum Gasteiger partial charge on any atom is 0.465 e. The molecule has 4 aliphatic rings. The highest BCUT2D eigenvalue weighted by atomic mass is 32.2. The summed E-state index contributed by atoms with van der Waals surface area (Å²) in [5.41, 5.74) is 0.121. The summed E-state index contributed by atoms with van der Waals surface area (Å²) in [4.78, 5) is 24.6. The quantitative estimate of drug-likeness (QED) is 0.348. The lowest BCUT2D eigenvalue weighted by Gasteiger charge is -2.42. The number of alkyl halides is 2. The third-order valence-corrected chi connectivity index (χ3v) is 7.32. The van der Waals surface area contributed by atoms with Crippen LogP contribution in [0.3, 0.4) is 0 Å². The van der Waals surface area contributed by atoms with Crippen LogP contribution in [0.15, 0.2) is 23.3 Å². The lowest BCUT2D eigenvalue weighted by atomic mass is 9.70. The summed E-state index contributed by atoms with van der Waals surface area (Å²) in [5.74, 6) is -2.24. The first-order chi connectivity index (χ1) is 14.6. The molecule has 4 aliphatic carbocycles. The van der Waals surface area contributed by atoms with E-state index in [1.54, 1.807) is 13.8 Å². The maximum atomic E-state index is 13.6. The molecule has 2 saturated carbocycles. The lowest BCUT2D eigenvalue weighted by molar-refractivity contribution is -0.169. The Morgan fingerprint density at radius 3 is 2.25 bits per heavy atom. The van der Waals surface area contributed by atoms with Crippen LogP contribution in [0.4, 0.5) is 8.78 Å².